The lowest BCUT2D eigenvalue weighted by Gasteiger charge is -2.11. The van der Waals surface area contributed by atoms with Gasteiger partial charge in [0, 0.05) is 31.8 Å². The lowest BCUT2D eigenvalue weighted by atomic mass is 9.97. The molecule has 0 unspecified atom stereocenters. The van der Waals surface area contributed by atoms with E-state index in [1.165, 1.54) is 54.5 Å². The minimum atomic E-state index is 0.754. The van der Waals surface area contributed by atoms with Gasteiger partial charge in [0.25, 0.3) is 0 Å². The molecule has 2 heterocycles. The number of allylic oxidation sites excluding steroid dienone is 2. The van der Waals surface area contributed by atoms with Crippen LogP contribution in [0.4, 0.5) is 0 Å². The van der Waals surface area contributed by atoms with Crippen molar-refractivity contribution in [3.8, 4) is 27.9 Å². The minimum absolute atomic E-state index is 0.754. The lowest BCUT2D eigenvalue weighted by molar-refractivity contribution is 1.18. The summed E-state index contributed by atoms with van der Waals surface area (Å²) in [7, 11) is 0. The van der Waals surface area contributed by atoms with E-state index in [0.717, 1.165) is 38.7 Å². The average molecular weight is 671 g/mol. The van der Waals surface area contributed by atoms with E-state index in [0.29, 0.717) is 0 Å². The Labute approximate surface area is 302 Å². The number of fused-ring (bicyclic) bond motifs is 4. The summed E-state index contributed by atoms with van der Waals surface area (Å²) in [6, 6.07) is 62.6. The van der Waals surface area contributed by atoms with E-state index in [-0.39, 0.29) is 0 Å². The highest BCUT2D eigenvalue weighted by molar-refractivity contribution is 8.05. The van der Waals surface area contributed by atoms with Crippen LogP contribution in [0.2, 0.25) is 0 Å². The van der Waals surface area contributed by atoms with Crippen LogP contribution < -0.4 is 0 Å². The van der Waals surface area contributed by atoms with Crippen LogP contribution in [0, 0.1) is 0 Å². The van der Waals surface area contributed by atoms with E-state index < -0.39 is 0 Å². The first-order valence-electron chi connectivity index (χ1n) is 17.2. The van der Waals surface area contributed by atoms with E-state index in [2.05, 4.69) is 176 Å². The molecule has 0 bridgehead atoms. The summed E-state index contributed by atoms with van der Waals surface area (Å²) >= 11 is 1.80. The molecule has 1 aliphatic heterocycles. The van der Waals surface area contributed by atoms with Crippen molar-refractivity contribution in [2.24, 2.45) is 4.99 Å². The first-order chi connectivity index (χ1) is 25.1. The number of hydrogen-bond acceptors (Lipinski definition) is 2. The van der Waals surface area contributed by atoms with Crippen LogP contribution in [0.5, 0.6) is 0 Å². The maximum Gasteiger partial charge on any atom is 0.0863 e. The van der Waals surface area contributed by atoms with E-state index in [4.69, 9.17) is 4.99 Å². The highest BCUT2D eigenvalue weighted by Gasteiger charge is 2.27. The van der Waals surface area contributed by atoms with Gasteiger partial charge >= 0.3 is 0 Å². The molecule has 0 spiro atoms. The molecule has 1 aromatic heterocycles. The topological polar surface area (TPSA) is 17.3 Å². The molecule has 0 aliphatic carbocycles. The van der Waals surface area contributed by atoms with E-state index in [9.17, 15) is 0 Å². The monoisotopic (exact) mass is 670 g/mol. The standard InChI is InChI=1S/C48H34N2S/c1-32(34-21-23-37(24-22-34)36-15-7-4-8-16-36)48-47(49-33(2)35-13-5-3-6-14-35)43-31-39(27-30-46(43)51-48)38-25-28-40(29-26-38)50-44-19-11-9-17-41(44)42-18-10-12-20-45(42)50/h3-31H,2H2,1H3/b48-32-,49-47?. The summed E-state index contributed by atoms with van der Waals surface area (Å²) in [6.45, 7) is 6.62. The predicted octanol–water partition coefficient (Wildman–Crippen LogP) is 13.1. The Morgan fingerprint density at radius 2 is 1.06 bits per heavy atom. The van der Waals surface area contributed by atoms with Crippen molar-refractivity contribution in [3.63, 3.8) is 0 Å². The lowest BCUT2D eigenvalue weighted by Crippen LogP contribution is -2.01. The van der Waals surface area contributed by atoms with Gasteiger partial charge in [0.15, 0.2) is 0 Å². The fraction of sp³-hybridized carbons (Fsp3) is 0.0208. The van der Waals surface area contributed by atoms with Gasteiger partial charge in [-0.25, -0.2) is 4.99 Å². The van der Waals surface area contributed by atoms with Crippen LogP contribution in [-0.2, 0) is 0 Å². The SMILES string of the molecule is C=C(N=C1/C(=C(\C)c2ccc(-c3ccccc3)cc2)Sc2ccc(-c3ccc(-n4c5ccccc5c5ccccc54)cc3)cc21)c1ccccc1. The number of nitrogens with zero attached hydrogens (tertiary/aromatic N) is 2. The highest BCUT2D eigenvalue weighted by Crippen LogP contribution is 2.46. The molecule has 0 atom stereocenters. The second-order valence-corrected chi connectivity index (χ2v) is 14.0. The van der Waals surface area contributed by atoms with Crippen LogP contribution in [0.25, 0.3) is 61.0 Å². The maximum atomic E-state index is 5.26. The molecule has 242 valence electrons. The largest absolute Gasteiger partial charge is 0.309 e. The molecule has 2 nitrogen and oxygen atoms in total. The molecule has 0 N–H and O–H groups in total. The molecule has 3 heteroatoms. The molecule has 0 amide bonds. The minimum Gasteiger partial charge on any atom is -0.309 e. The highest BCUT2D eigenvalue weighted by atomic mass is 32.2. The Morgan fingerprint density at radius 1 is 0.529 bits per heavy atom. The van der Waals surface area contributed by atoms with Crippen molar-refractivity contribution in [1.29, 1.82) is 0 Å². The summed E-state index contributed by atoms with van der Waals surface area (Å²) in [6.07, 6.45) is 0. The number of rotatable bonds is 6. The van der Waals surface area contributed by atoms with Crippen LogP contribution >= 0.6 is 11.8 Å². The number of thioether (sulfide) groups is 1. The molecule has 0 saturated heterocycles. The van der Waals surface area contributed by atoms with Crippen LogP contribution in [0.1, 0.15) is 23.6 Å². The Hall–Kier alpha value is -6.16. The predicted molar refractivity (Wildman–Crippen MR) is 219 cm³/mol. The van der Waals surface area contributed by atoms with Gasteiger partial charge in [-0.1, -0.05) is 158 Å². The molecule has 7 aromatic carbocycles. The molecule has 8 aromatic rings. The number of para-hydroxylation sites is 2. The third-order valence-corrected chi connectivity index (χ3v) is 11.1. The van der Waals surface area contributed by atoms with Crippen molar-refractivity contribution in [3.05, 3.63) is 204 Å². The number of aliphatic imine (C=N–C) groups is 1. The molecule has 1 aliphatic rings. The van der Waals surface area contributed by atoms with Crippen LogP contribution in [-0.4, -0.2) is 10.3 Å². The maximum absolute atomic E-state index is 5.26. The van der Waals surface area contributed by atoms with Crippen LogP contribution in [0.15, 0.2) is 197 Å². The fourth-order valence-corrected chi connectivity index (χ4v) is 8.28. The molecular weight excluding hydrogens is 637 g/mol. The summed E-state index contributed by atoms with van der Waals surface area (Å²) in [5.74, 6) is 0. The quantitative estimate of drug-likeness (QED) is 0.172. The number of aromatic nitrogens is 1. The normalized spacial score (nSPS) is 14.3. The van der Waals surface area contributed by atoms with Crippen molar-refractivity contribution < 1.29 is 0 Å². The fourth-order valence-electron chi connectivity index (χ4n) is 7.14. The summed E-state index contributed by atoms with van der Waals surface area (Å²) < 4.78 is 2.36. The smallest absolute Gasteiger partial charge is 0.0863 e. The van der Waals surface area contributed by atoms with Gasteiger partial charge in [-0.05, 0) is 82.3 Å². The Kier molecular flexibility index (Phi) is 7.83. The van der Waals surface area contributed by atoms with Crippen LogP contribution in [0.3, 0.4) is 0 Å². The van der Waals surface area contributed by atoms with Crippen molar-refractivity contribution >= 4 is 50.5 Å². The zero-order chi connectivity index (χ0) is 34.3. The van der Waals surface area contributed by atoms with Crippen molar-refractivity contribution in [1.82, 2.24) is 4.57 Å². The molecular formula is C48H34N2S. The number of benzene rings is 7. The Balaban J connectivity index is 1.11. The molecule has 0 fully saturated rings. The molecule has 51 heavy (non-hydrogen) atoms. The van der Waals surface area contributed by atoms with Gasteiger partial charge in [-0.15, -0.1) is 0 Å². The summed E-state index contributed by atoms with van der Waals surface area (Å²) in [5.41, 5.74) is 14.6. The third-order valence-electron chi connectivity index (χ3n) is 9.82. The second kappa shape index (κ2) is 12.9. The zero-order valence-electron chi connectivity index (χ0n) is 28.3. The Bertz CT molecular complexity index is 2590. The molecule has 0 radical (unpaired) electrons. The first kappa shape index (κ1) is 30.9. The van der Waals surface area contributed by atoms with Gasteiger partial charge in [-0.3, -0.25) is 0 Å². The summed E-state index contributed by atoms with van der Waals surface area (Å²) in [5, 5.41) is 2.53. The van der Waals surface area contributed by atoms with E-state index in [1.807, 2.05) is 18.2 Å². The Morgan fingerprint density at radius 3 is 1.73 bits per heavy atom. The van der Waals surface area contributed by atoms with E-state index >= 15 is 0 Å². The van der Waals surface area contributed by atoms with Gasteiger partial charge in [0.05, 0.1) is 22.4 Å². The van der Waals surface area contributed by atoms with Crippen molar-refractivity contribution in [2.75, 3.05) is 0 Å². The van der Waals surface area contributed by atoms with E-state index in [1.54, 1.807) is 11.8 Å². The summed E-state index contributed by atoms with van der Waals surface area (Å²) in [4.78, 5) is 7.63. The van der Waals surface area contributed by atoms with Gasteiger partial charge < -0.3 is 4.57 Å². The molecule has 0 saturated carbocycles. The van der Waals surface area contributed by atoms with Gasteiger partial charge in [0.1, 0.15) is 0 Å². The zero-order valence-corrected chi connectivity index (χ0v) is 29.1. The van der Waals surface area contributed by atoms with Gasteiger partial charge in [0.2, 0.25) is 0 Å². The molecule has 9 rings (SSSR count). The second-order valence-electron chi connectivity index (χ2n) is 12.9. The average Bonchev–Trinajstić information content (AvgIpc) is 3.73. The van der Waals surface area contributed by atoms with Crippen molar-refractivity contribution in [2.45, 2.75) is 11.8 Å². The first-order valence-corrected chi connectivity index (χ1v) is 18.1. The number of hydrogen-bond donors (Lipinski definition) is 0. The third kappa shape index (κ3) is 5.62. The van der Waals surface area contributed by atoms with Gasteiger partial charge in [-0.2, -0.15) is 0 Å².